The minimum Gasteiger partial charge on any atom is -0.469 e. The number of halogens is 1. The van der Waals surface area contributed by atoms with Crippen molar-refractivity contribution in [2.45, 2.75) is 20.0 Å². The third-order valence-corrected chi connectivity index (χ3v) is 3.03. The van der Waals surface area contributed by atoms with Crippen LogP contribution in [-0.2, 0) is 9.53 Å². The molecule has 2 atom stereocenters. The van der Waals surface area contributed by atoms with Gasteiger partial charge in [-0.2, -0.15) is 0 Å². The number of hydrogen-bond acceptors (Lipinski definition) is 4. The van der Waals surface area contributed by atoms with Gasteiger partial charge in [-0.3, -0.25) is 9.78 Å². The molecule has 1 aromatic rings. The molecule has 0 aliphatic heterocycles. The molecule has 0 saturated heterocycles. The highest BCUT2D eigenvalue weighted by molar-refractivity contribution is 9.10. The Morgan fingerprint density at radius 1 is 1.47 bits per heavy atom. The second kappa shape index (κ2) is 6.12. The Labute approximate surface area is 109 Å². The van der Waals surface area contributed by atoms with Gasteiger partial charge in [-0.15, -0.1) is 0 Å². The fourth-order valence-corrected chi connectivity index (χ4v) is 2.08. The van der Waals surface area contributed by atoms with E-state index in [1.165, 1.54) is 7.11 Å². The van der Waals surface area contributed by atoms with E-state index in [-0.39, 0.29) is 5.92 Å². The van der Waals surface area contributed by atoms with Crippen LogP contribution in [0.5, 0.6) is 0 Å². The maximum atomic E-state index is 11.6. The van der Waals surface area contributed by atoms with Gasteiger partial charge < -0.3 is 9.84 Å². The first-order valence-corrected chi connectivity index (χ1v) is 6.13. The van der Waals surface area contributed by atoms with Gasteiger partial charge >= 0.3 is 5.97 Å². The van der Waals surface area contributed by atoms with Crippen molar-refractivity contribution in [3.63, 3.8) is 0 Å². The van der Waals surface area contributed by atoms with Gasteiger partial charge in [0.2, 0.25) is 0 Å². The number of carbonyl (C=O) groups excluding carboxylic acids is 1. The zero-order valence-electron chi connectivity index (χ0n) is 10.1. The summed E-state index contributed by atoms with van der Waals surface area (Å²) in [6.07, 6.45) is 2.26. The number of ether oxygens (including phenoxy) is 1. The smallest absolute Gasteiger partial charge is 0.311 e. The van der Waals surface area contributed by atoms with E-state index in [0.717, 1.165) is 4.47 Å². The number of esters is 1. The van der Waals surface area contributed by atoms with E-state index in [4.69, 9.17) is 4.74 Å². The van der Waals surface area contributed by atoms with Gasteiger partial charge in [0, 0.05) is 22.4 Å². The van der Waals surface area contributed by atoms with Crippen molar-refractivity contribution in [2.24, 2.45) is 11.8 Å². The predicted molar refractivity (Wildman–Crippen MR) is 67.2 cm³/mol. The van der Waals surface area contributed by atoms with E-state index in [0.29, 0.717) is 5.56 Å². The molecule has 0 spiro atoms. The van der Waals surface area contributed by atoms with Crippen LogP contribution in [0.25, 0.3) is 0 Å². The summed E-state index contributed by atoms with van der Waals surface area (Å²) in [5, 5.41) is 10.2. The number of hydrogen-bond donors (Lipinski definition) is 1. The maximum absolute atomic E-state index is 11.6. The topological polar surface area (TPSA) is 59.4 Å². The van der Waals surface area contributed by atoms with Crippen molar-refractivity contribution < 1.29 is 14.6 Å². The van der Waals surface area contributed by atoms with Crippen LogP contribution in [0, 0.1) is 11.8 Å². The van der Waals surface area contributed by atoms with Crippen LogP contribution in [0.15, 0.2) is 22.9 Å². The number of rotatable bonds is 4. The summed E-state index contributed by atoms with van der Waals surface area (Å²) >= 11 is 3.28. The molecule has 17 heavy (non-hydrogen) atoms. The lowest BCUT2D eigenvalue weighted by atomic mass is 9.87. The van der Waals surface area contributed by atoms with E-state index < -0.39 is 18.0 Å². The molecule has 94 valence electrons. The van der Waals surface area contributed by atoms with E-state index in [1.54, 1.807) is 18.5 Å². The summed E-state index contributed by atoms with van der Waals surface area (Å²) in [4.78, 5) is 15.6. The summed E-state index contributed by atoms with van der Waals surface area (Å²) in [6, 6.07) is 1.75. The van der Waals surface area contributed by atoms with Crippen LogP contribution in [0.4, 0.5) is 0 Å². The Morgan fingerprint density at radius 2 is 2.12 bits per heavy atom. The van der Waals surface area contributed by atoms with Gasteiger partial charge in [0.25, 0.3) is 0 Å². The SMILES string of the molecule is COC(=O)C(C(C)C)C(O)c1cncc(Br)c1. The monoisotopic (exact) mass is 301 g/mol. The quantitative estimate of drug-likeness (QED) is 0.867. The Balaban J connectivity index is 2.99. The molecule has 1 heterocycles. The highest BCUT2D eigenvalue weighted by atomic mass is 79.9. The van der Waals surface area contributed by atoms with Gasteiger partial charge in [0.15, 0.2) is 0 Å². The van der Waals surface area contributed by atoms with E-state index in [1.807, 2.05) is 13.8 Å². The molecule has 0 aliphatic rings. The van der Waals surface area contributed by atoms with Crippen LogP contribution in [0.1, 0.15) is 25.5 Å². The average Bonchev–Trinajstić information content (AvgIpc) is 2.28. The standard InChI is InChI=1S/C12H16BrNO3/c1-7(2)10(12(16)17-3)11(15)8-4-9(13)6-14-5-8/h4-7,10-11,15H,1-3H3. The van der Waals surface area contributed by atoms with Crippen molar-refractivity contribution >= 4 is 21.9 Å². The number of aliphatic hydroxyl groups excluding tert-OH is 1. The lowest BCUT2D eigenvalue weighted by molar-refractivity contribution is -0.152. The molecule has 5 heteroatoms. The molecule has 0 amide bonds. The minimum atomic E-state index is -0.910. The van der Waals surface area contributed by atoms with Crippen molar-refractivity contribution in [1.29, 1.82) is 0 Å². The number of nitrogens with zero attached hydrogens (tertiary/aromatic N) is 1. The van der Waals surface area contributed by atoms with Gasteiger partial charge in [-0.05, 0) is 27.9 Å². The molecule has 0 aliphatic carbocycles. The van der Waals surface area contributed by atoms with Gasteiger partial charge in [0.05, 0.1) is 19.1 Å². The number of methoxy groups -OCH3 is 1. The average molecular weight is 302 g/mol. The molecule has 0 aromatic carbocycles. The maximum Gasteiger partial charge on any atom is 0.311 e. The Kier molecular flexibility index (Phi) is 5.08. The number of carbonyl (C=O) groups is 1. The normalized spacial score (nSPS) is 14.5. The molecule has 1 rings (SSSR count). The fourth-order valence-electron chi connectivity index (χ4n) is 1.70. The molecule has 4 nitrogen and oxygen atoms in total. The van der Waals surface area contributed by atoms with Crippen molar-refractivity contribution in [1.82, 2.24) is 4.98 Å². The lowest BCUT2D eigenvalue weighted by Crippen LogP contribution is -2.28. The molecule has 0 bridgehead atoms. The third kappa shape index (κ3) is 3.51. The van der Waals surface area contributed by atoms with E-state index in [2.05, 4.69) is 20.9 Å². The van der Waals surface area contributed by atoms with Crippen LogP contribution >= 0.6 is 15.9 Å². The summed E-state index contributed by atoms with van der Waals surface area (Å²) in [7, 11) is 1.32. The Hall–Kier alpha value is -0.940. The number of aliphatic hydroxyl groups is 1. The van der Waals surface area contributed by atoms with Gasteiger partial charge in [0.1, 0.15) is 0 Å². The molecular formula is C12H16BrNO3. The molecular weight excluding hydrogens is 286 g/mol. The summed E-state index contributed by atoms with van der Waals surface area (Å²) in [5.74, 6) is -1.01. The number of pyridine rings is 1. The van der Waals surface area contributed by atoms with Crippen LogP contribution < -0.4 is 0 Å². The minimum absolute atomic E-state index is 0.0172. The van der Waals surface area contributed by atoms with Crippen LogP contribution in [0.3, 0.4) is 0 Å². The first kappa shape index (κ1) is 14.1. The molecule has 1 aromatic heterocycles. The summed E-state index contributed by atoms with van der Waals surface area (Å²) in [5.41, 5.74) is 0.600. The molecule has 0 saturated carbocycles. The second-order valence-electron chi connectivity index (χ2n) is 4.17. The van der Waals surface area contributed by atoms with Crippen LogP contribution in [-0.4, -0.2) is 23.2 Å². The van der Waals surface area contributed by atoms with Crippen molar-refractivity contribution in [3.8, 4) is 0 Å². The Bertz CT molecular complexity index is 395. The Morgan fingerprint density at radius 3 is 2.59 bits per heavy atom. The summed E-state index contributed by atoms with van der Waals surface area (Å²) in [6.45, 7) is 3.74. The molecule has 0 radical (unpaired) electrons. The van der Waals surface area contributed by atoms with Crippen molar-refractivity contribution in [3.05, 3.63) is 28.5 Å². The fraction of sp³-hybridized carbons (Fsp3) is 0.500. The van der Waals surface area contributed by atoms with Gasteiger partial charge in [-0.25, -0.2) is 0 Å². The van der Waals surface area contributed by atoms with E-state index in [9.17, 15) is 9.90 Å². The molecule has 1 N–H and O–H groups in total. The van der Waals surface area contributed by atoms with E-state index >= 15 is 0 Å². The molecule has 0 fully saturated rings. The highest BCUT2D eigenvalue weighted by Crippen LogP contribution is 2.29. The zero-order chi connectivity index (χ0) is 13.0. The highest BCUT2D eigenvalue weighted by Gasteiger charge is 2.32. The van der Waals surface area contributed by atoms with Crippen LogP contribution in [0.2, 0.25) is 0 Å². The predicted octanol–water partition coefficient (Wildman–Crippen LogP) is 2.32. The molecule has 2 unspecified atom stereocenters. The summed E-state index contributed by atoms with van der Waals surface area (Å²) < 4.78 is 5.48. The lowest BCUT2D eigenvalue weighted by Gasteiger charge is -2.24. The largest absolute Gasteiger partial charge is 0.469 e. The van der Waals surface area contributed by atoms with Crippen molar-refractivity contribution in [2.75, 3.05) is 7.11 Å². The second-order valence-corrected chi connectivity index (χ2v) is 5.09. The number of aromatic nitrogens is 1. The first-order valence-electron chi connectivity index (χ1n) is 5.33. The third-order valence-electron chi connectivity index (χ3n) is 2.60. The first-order chi connectivity index (χ1) is 7.97. The van der Waals surface area contributed by atoms with Gasteiger partial charge in [-0.1, -0.05) is 13.8 Å². The zero-order valence-corrected chi connectivity index (χ0v) is 11.6.